The van der Waals surface area contributed by atoms with Crippen molar-refractivity contribution in [1.82, 2.24) is 14.7 Å². The Labute approximate surface area is 124 Å². The maximum atomic E-state index is 12.2. The SMILES string of the molecule is NNc1ncc(Br)cc1S(=O)(=O)NCc1ccccn1. The van der Waals surface area contributed by atoms with Crippen molar-refractivity contribution >= 4 is 31.8 Å². The normalized spacial score (nSPS) is 11.3. The molecule has 0 unspecified atom stereocenters. The third-order valence-corrected chi connectivity index (χ3v) is 4.26. The van der Waals surface area contributed by atoms with Crippen LogP contribution >= 0.6 is 15.9 Å². The number of rotatable bonds is 5. The van der Waals surface area contributed by atoms with Crippen molar-refractivity contribution in [1.29, 1.82) is 0 Å². The zero-order valence-corrected chi connectivity index (χ0v) is 12.6. The van der Waals surface area contributed by atoms with E-state index >= 15 is 0 Å². The third-order valence-electron chi connectivity index (χ3n) is 2.42. The van der Waals surface area contributed by atoms with Crippen LogP contribution in [0.15, 0.2) is 46.0 Å². The molecule has 0 saturated carbocycles. The fourth-order valence-electron chi connectivity index (χ4n) is 1.48. The number of nitrogens with two attached hydrogens (primary N) is 1. The number of hydrogen-bond donors (Lipinski definition) is 3. The lowest BCUT2D eigenvalue weighted by Crippen LogP contribution is -2.26. The summed E-state index contributed by atoms with van der Waals surface area (Å²) in [6, 6.07) is 6.68. The molecule has 2 rings (SSSR count). The van der Waals surface area contributed by atoms with E-state index < -0.39 is 10.0 Å². The predicted octanol–water partition coefficient (Wildman–Crippen LogP) is 1.00. The molecule has 0 spiro atoms. The van der Waals surface area contributed by atoms with Gasteiger partial charge in [0.1, 0.15) is 4.90 Å². The molecule has 2 heterocycles. The van der Waals surface area contributed by atoms with Gasteiger partial charge in [-0.05, 0) is 34.1 Å². The van der Waals surface area contributed by atoms with E-state index in [-0.39, 0.29) is 17.3 Å². The van der Waals surface area contributed by atoms with Crippen molar-refractivity contribution in [3.63, 3.8) is 0 Å². The number of pyridine rings is 2. The van der Waals surface area contributed by atoms with Gasteiger partial charge < -0.3 is 5.43 Å². The molecule has 0 aromatic carbocycles. The lowest BCUT2D eigenvalue weighted by molar-refractivity contribution is 0.580. The van der Waals surface area contributed by atoms with Gasteiger partial charge in [0.2, 0.25) is 10.0 Å². The van der Waals surface area contributed by atoms with Gasteiger partial charge in [0.05, 0.1) is 12.2 Å². The Balaban J connectivity index is 2.24. The molecule has 0 amide bonds. The monoisotopic (exact) mass is 357 g/mol. The Morgan fingerprint density at radius 1 is 1.30 bits per heavy atom. The quantitative estimate of drug-likeness (QED) is 0.543. The first kappa shape index (κ1) is 14.9. The molecule has 20 heavy (non-hydrogen) atoms. The van der Waals surface area contributed by atoms with Crippen molar-refractivity contribution < 1.29 is 8.42 Å². The highest BCUT2D eigenvalue weighted by atomic mass is 79.9. The first-order chi connectivity index (χ1) is 9.53. The highest BCUT2D eigenvalue weighted by molar-refractivity contribution is 9.10. The molecule has 0 atom stereocenters. The number of hydrogen-bond acceptors (Lipinski definition) is 6. The molecule has 0 bridgehead atoms. The number of nitrogen functional groups attached to an aromatic ring is 1. The molecule has 9 heteroatoms. The lowest BCUT2D eigenvalue weighted by Gasteiger charge is -2.10. The van der Waals surface area contributed by atoms with E-state index in [2.05, 4.69) is 36.0 Å². The van der Waals surface area contributed by atoms with Crippen LogP contribution in [0.5, 0.6) is 0 Å². The van der Waals surface area contributed by atoms with E-state index in [4.69, 9.17) is 5.84 Å². The Morgan fingerprint density at radius 2 is 2.10 bits per heavy atom. The summed E-state index contributed by atoms with van der Waals surface area (Å²) in [5.74, 6) is 5.34. The van der Waals surface area contributed by atoms with E-state index in [0.717, 1.165) is 0 Å². The van der Waals surface area contributed by atoms with E-state index in [1.807, 2.05) is 0 Å². The molecule has 0 aliphatic carbocycles. The summed E-state index contributed by atoms with van der Waals surface area (Å²) < 4.78 is 27.5. The van der Waals surface area contributed by atoms with Crippen LogP contribution in [0.2, 0.25) is 0 Å². The Morgan fingerprint density at radius 3 is 2.75 bits per heavy atom. The van der Waals surface area contributed by atoms with Gasteiger partial charge in [-0.3, -0.25) is 4.98 Å². The number of hydrazine groups is 1. The van der Waals surface area contributed by atoms with Crippen molar-refractivity contribution in [2.45, 2.75) is 11.4 Å². The van der Waals surface area contributed by atoms with E-state index in [1.165, 1.54) is 12.3 Å². The molecule has 0 saturated heterocycles. The molecule has 0 radical (unpaired) electrons. The summed E-state index contributed by atoms with van der Waals surface area (Å²) in [6.07, 6.45) is 3.05. The lowest BCUT2D eigenvalue weighted by atomic mass is 10.4. The summed E-state index contributed by atoms with van der Waals surface area (Å²) >= 11 is 3.18. The summed E-state index contributed by atoms with van der Waals surface area (Å²) in [7, 11) is -3.75. The Bertz CT molecular complexity index is 693. The van der Waals surface area contributed by atoms with Crippen LogP contribution in [0.25, 0.3) is 0 Å². The fourth-order valence-corrected chi connectivity index (χ4v) is 3.11. The maximum absolute atomic E-state index is 12.2. The largest absolute Gasteiger partial charge is 0.307 e. The van der Waals surface area contributed by atoms with Gasteiger partial charge in [-0.1, -0.05) is 6.07 Å². The average molecular weight is 358 g/mol. The molecule has 0 aliphatic heterocycles. The summed E-state index contributed by atoms with van der Waals surface area (Å²) in [6.45, 7) is 0.0830. The number of aromatic nitrogens is 2. The van der Waals surface area contributed by atoms with Crippen LogP contribution in [-0.2, 0) is 16.6 Å². The van der Waals surface area contributed by atoms with E-state index in [9.17, 15) is 8.42 Å². The van der Waals surface area contributed by atoms with Gasteiger partial charge >= 0.3 is 0 Å². The number of halogens is 1. The van der Waals surface area contributed by atoms with Gasteiger partial charge in [-0.15, -0.1) is 0 Å². The first-order valence-electron chi connectivity index (χ1n) is 5.54. The van der Waals surface area contributed by atoms with Crippen LogP contribution < -0.4 is 16.0 Å². The predicted molar refractivity (Wildman–Crippen MR) is 78.0 cm³/mol. The molecular weight excluding hydrogens is 346 g/mol. The van der Waals surface area contributed by atoms with E-state index in [1.54, 1.807) is 24.4 Å². The maximum Gasteiger partial charge on any atom is 0.244 e. The van der Waals surface area contributed by atoms with Gasteiger partial charge in [0, 0.05) is 16.9 Å². The first-order valence-corrected chi connectivity index (χ1v) is 7.82. The highest BCUT2D eigenvalue weighted by Gasteiger charge is 2.19. The smallest absolute Gasteiger partial charge is 0.244 e. The molecule has 7 nitrogen and oxygen atoms in total. The Hall–Kier alpha value is -1.55. The zero-order chi connectivity index (χ0) is 14.6. The molecular formula is C11H12BrN5O2S. The van der Waals surface area contributed by atoms with Crippen molar-refractivity contribution in [2.24, 2.45) is 5.84 Å². The summed E-state index contributed by atoms with van der Waals surface area (Å²) in [5.41, 5.74) is 2.87. The van der Waals surface area contributed by atoms with Crippen LogP contribution in [0.1, 0.15) is 5.69 Å². The molecule has 2 aromatic rings. The van der Waals surface area contributed by atoms with Crippen molar-refractivity contribution in [3.8, 4) is 0 Å². The molecule has 106 valence electrons. The van der Waals surface area contributed by atoms with Gasteiger partial charge in [0.25, 0.3) is 0 Å². The number of sulfonamides is 1. The molecule has 4 N–H and O–H groups in total. The second kappa shape index (κ2) is 6.27. The van der Waals surface area contributed by atoms with Crippen LogP contribution in [0.4, 0.5) is 5.82 Å². The van der Waals surface area contributed by atoms with Crippen LogP contribution in [0.3, 0.4) is 0 Å². The number of anilines is 1. The van der Waals surface area contributed by atoms with Gasteiger partial charge in [-0.2, -0.15) is 0 Å². The molecule has 2 aromatic heterocycles. The molecule has 0 aliphatic rings. The minimum Gasteiger partial charge on any atom is -0.307 e. The van der Waals surface area contributed by atoms with Crippen molar-refractivity contribution in [2.75, 3.05) is 5.43 Å². The second-order valence-corrected chi connectivity index (χ2v) is 6.44. The number of nitrogens with zero attached hydrogens (tertiary/aromatic N) is 2. The zero-order valence-electron chi connectivity index (χ0n) is 10.2. The minimum absolute atomic E-state index is 0.0368. The topological polar surface area (TPSA) is 110 Å². The fraction of sp³-hybridized carbons (Fsp3) is 0.0909. The summed E-state index contributed by atoms with van der Waals surface area (Å²) in [5, 5.41) is 0. The number of nitrogens with one attached hydrogen (secondary N) is 2. The standard InChI is InChI=1S/C11H12BrN5O2S/c12-8-5-10(11(17-13)15-6-8)20(18,19)16-7-9-3-1-2-4-14-9/h1-6,16H,7,13H2,(H,15,17). The van der Waals surface area contributed by atoms with Crippen LogP contribution in [-0.4, -0.2) is 18.4 Å². The van der Waals surface area contributed by atoms with Gasteiger partial charge in [0.15, 0.2) is 5.82 Å². The van der Waals surface area contributed by atoms with Gasteiger partial charge in [-0.25, -0.2) is 24.0 Å². The second-order valence-electron chi connectivity index (χ2n) is 3.79. The third kappa shape index (κ3) is 3.51. The average Bonchev–Trinajstić information content (AvgIpc) is 2.46. The Kier molecular flexibility index (Phi) is 4.65. The van der Waals surface area contributed by atoms with E-state index in [0.29, 0.717) is 10.2 Å². The van der Waals surface area contributed by atoms with Crippen LogP contribution in [0, 0.1) is 0 Å². The highest BCUT2D eigenvalue weighted by Crippen LogP contribution is 2.22. The minimum atomic E-state index is -3.75. The van der Waals surface area contributed by atoms with Crippen molar-refractivity contribution in [3.05, 3.63) is 46.8 Å². The summed E-state index contributed by atoms with van der Waals surface area (Å²) in [4.78, 5) is 7.91. The molecule has 0 fully saturated rings.